The molecule has 1 aromatic heterocycles. The van der Waals surface area contributed by atoms with Gasteiger partial charge in [-0.2, -0.15) is 0 Å². The minimum absolute atomic E-state index is 0.158. The molecule has 6 nitrogen and oxygen atoms in total. The maximum atomic E-state index is 13.0. The van der Waals surface area contributed by atoms with E-state index in [4.69, 9.17) is 19.9 Å². The van der Waals surface area contributed by atoms with Crippen molar-refractivity contribution in [2.24, 2.45) is 0 Å². The molecule has 0 saturated heterocycles. The highest BCUT2D eigenvalue weighted by Gasteiger charge is 2.18. The molecule has 1 heterocycles. The molecule has 3 aromatic rings. The quantitative estimate of drug-likeness (QED) is 0.667. The molecule has 2 N–H and O–H groups in total. The molecule has 3 rings (SSSR count). The Morgan fingerprint density at radius 2 is 1.69 bits per heavy atom. The summed E-state index contributed by atoms with van der Waals surface area (Å²) in [6, 6.07) is 10.5. The topological polar surface area (TPSA) is 83.7 Å². The average Bonchev–Trinajstić information content (AvgIpc) is 3.12. The number of nitrogens with two attached hydrogens (primary N) is 1. The summed E-state index contributed by atoms with van der Waals surface area (Å²) in [6.07, 6.45) is 0. The van der Waals surface area contributed by atoms with Gasteiger partial charge in [0, 0.05) is 22.1 Å². The first kappa shape index (κ1) is 17.8. The van der Waals surface area contributed by atoms with Crippen LogP contribution in [0.25, 0.3) is 11.3 Å². The van der Waals surface area contributed by atoms with Gasteiger partial charge in [-0.1, -0.05) is 18.2 Å². The summed E-state index contributed by atoms with van der Waals surface area (Å²) in [5.41, 5.74) is 8.24. The minimum Gasteiger partial charge on any atom is -0.493 e. The zero-order valence-corrected chi connectivity index (χ0v) is 15.4. The maximum Gasteiger partial charge on any atom is 0.203 e. The van der Waals surface area contributed by atoms with Crippen LogP contribution >= 0.6 is 11.3 Å². The highest BCUT2D eigenvalue weighted by atomic mass is 32.1. The summed E-state index contributed by atoms with van der Waals surface area (Å²) in [4.78, 5) is 17.2. The normalized spacial score (nSPS) is 10.4. The van der Waals surface area contributed by atoms with Gasteiger partial charge in [-0.3, -0.25) is 4.79 Å². The molecule has 0 radical (unpaired) electrons. The monoisotopic (exact) mass is 370 g/mol. The first-order chi connectivity index (χ1) is 12.6. The average molecular weight is 370 g/mol. The number of carbonyl (C=O) groups excluding carboxylic acids is 1. The molecular formula is C19H18N2O4S. The van der Waals surface area contributed by atoms with Gasteiger partial charge in [0.05, 0.1) is 27.0 Å². The Bertz CT molecular complexity index is 927. The van der Waals surface area contributed by atoms with Crippen LogP contribution < -0.4 is 19.9 Å². The Labute approximate surface area is 155 Å². The number of anilines is 1. The number of ether oxygens (including phenoxy) is 3. The van der Waals surface area contributed by atoms with Crippen LogP contribution in [0.15, 0.2) is 41.8 Å². The van der Waals surface area contributed by atoms with Gasteiger partial charge in [0.2, 0.25) is 5.75 Å². The second-order valence-corrected chi connectivity index (χ2v) is 6.28. The Hall–Kier alpha value is -3.06. The smallest absolute Gasteiger partial charge is 0.203 e. The molecule has 134 valence electrons. The van der Waals surface area contributed by atoms with Crippen LogP contribution in [-0.4, -0.2) is 32.1 Å². The Balaban J connectivity index is 2.02. The number of methoxy groups -OCH3 is 3. The van der Waals surface area contributed by atoms with Crippen molar-refractivity contribution in [1.29, 1.82) is 0 Å². The third-order valence-corrected chi connectivity index (χ3v) is 4.54. The Kier molecular flexibility index (Phi) is 5.09. The molecular weight excluding hydrogens is 352 g/mol. The van der Waals surface area contributed by atoms with Crippen molar-refractivity contribution in [3.8, 4) is 28.5 Å². The van der Waals surface area contributed by atoms with E-state index in [1.807, 2.05) is 17.5 Å². The summed E-state index contributed by atoms with van der Waals surface area (Å²) in [5, 5.41) is 2.35. The highest BCUT2D eigenvalue weighted by molar-refractivity contribution is 7.13. The molecule has 0 aliphatic rings. The SMILES string of the molecule is COc1cc(C(=O)c2cccc(-c3csc(N)n3)c2)cc(OC)c1OC. The molecule has 0 unspecified atom stereocenters. The van der Waals surface area contributed by atoms with Gasteiger partial charge in [-0.15, -0.1) is 11.3 Å². The lowest BCUT2D eigenvalue weighted by Crippen LogP contribution is -2.04. The van der Waals surface area contributed by atoms with Crippen molar-refractivity contribution in [2.45, 2.75) is 0 Å². The van der Waals surface area contributed by atoms with Crippen LogP contribution in [0.2, 0.25) is 0 Å². The van der Waals surface area contributed by atoms with Crippen molar-refractivity contribution in [1.82, 2.24) is 4.98 Å². The lowest BCUT2D eigenvalue weighted by molar-refractivity contribution is 0.103. The zero-order chi connectivity index (χ0) is 18.7. The lowest BCUT2D eigenvalue weighted by atomic mass is 10.00. The van der Waals surface area contributed by atoms with Crippen LogP contribution in [0.3, 0.4) is 0 Å². The molecule has 0 amide bonds. The highest BCUT2D eigenvalue weighted by Crippen LogP contribution is 2.38. The van der Waals surface area contributed by atoms with Gasteiger partial charge in [-0.25, -0.2) is 4.98 Å². The maximum absolute atomic E-state index is 13.0. The summed E-state index contributed by atoms with van der Waals surface area (Å²) in [6.45, 7) is 0. The number of aromatic nitrogens is 1. The van der Waals surface area contributed by atoms with Crippen LogP contribution in [0.4, 0.5) is 5.13 Å². The second kappa shape index (κ2) is 7.45. The predicted octanol–water partition coefficient (Wildman–Crippen LogP) is 3.65. The first-order valence-corrected chi connectivity index (χ1v) is 8.61. The molecule has 0 spiro atoms. The number of nitrogens with zero attached hydrogens (tertiary/aromatic N) is 1. The number of hydrogen-bond donors (Lipinski definition) is 1. The largest absolute Gasteiger partial charge is 0.493 e. The number of thiazole rings is 1. The van der Waals surface area contributed by atoms with Crippen LogP contribution in [0.5, 0.6) is 17.2 Å². The fraction of sp³-hybridized carbons (Fsp3) is 0.158. The fourth-order valence-electron chi connectivity index (χ4n) is 2.62. The first-order valence-electron chi connectivity index (χ1n) is 7.73. The summed E-state index contributed by atoms with van der Waals surface area (Å²) in [5.74, 6) is 1.14. The number of rotatable bonds is 6. The minimum atomic E-state index is -0.158. The standard InChI is InChI=1S/C19H18N2O4S/c1-23-15-8-13(9-16(24-2)18(15)25-3)17(22)12-6-4-5-11(7-12)14-10-26-19(20)21-14/h4-10H,1-3H3,(H2,20,21). The molecule has 0 bridgehead atoms. The van der Waals surface area contributed by atoms with Gasteiger partial charge >= 0.3 is 0 Å². The number of nitrogen functional groups attached to an aromatic ring is 1. The van der Waals surface area contributed by atoms with Gasteiger partial charge in [0.25, 0.3) is 0 Å². The third kappa shape index (κ3) is 3.34. The number of carbonyl (C=O) groups is 1. The molecule has 26 heavy (non-hydrogen) atoms. The van der Waals surface area contributed by atoms with Crippen molar-refractivity contribution in [3.63, 3.8) is 0 Å². The van der Waals surface area contributed by atoms with E-state index in [2.05, 4.69) is 4.98 Å². The van der Waals surface area contributed by atoms with Crippen molar-refractivity contribution >= 4 is 22.3 Å². The number of hydrogen-bond acceptors (Lipinski definition) is 7. The van der Waals surface area contributed by atoms with E-state index in [9.17, 15) is 4.79 Å². The van der Waals surface area contributed by atoms with Crippen molar-refractivity contribution < 1.29 is 19.0 Å². The lowest BCUT2D eigenvalue weighted by Gasteiger charge is -2.14. The molecule has 7 heteroatoms. The fourth-order valence-corrected chi connectivity index (χ4v) is 3.19. The van der Waals surface area contributed by atoms with Crippen molar-refractivity contribution in [2.75, 3.05) is 27.1 Å². The van der Waals surface area contributed by atoms with Gasteiger partial charge < -0.3 is 19.9 Å². The van der Waals surface area contributed by atoms with E-state index in [0.717, 1.165) is 11.3 Å². The van der Waals surface area contributed by atoms with E-state index in [1.54, 1.807) is 24.3 Å². The van der Waals surface area contributed by atoms with Gasteiger partial charge in [0.1, 0.15) is 0 Å². The molecule has 0 atom stereocenters. The van der Waals surface area contributed by atoms with Crippen molar-refractivity contribution in [3.05, 3.63) is 52.9 Å². The van der Waals surface area contributed by atoms with E-state index in [0.29, 0.717) is 33.5 Å². The molecule has 0 aliphatic heterocycles. The summed E-state index contributed by atoms with van der Waals surface area (Å²) < 4.78 is 15.9. The zero-order valence-electron chi connectivity index (χ0n) is 14.6. The molecule has 2 aromatic carbocycles. The molecule has 0 fully saturated rings. The van der Waals surface area contributed by atoms with E-state index < -0.39 is 0 Å². The Morgan fingerprint density at radius 3 is 2.23 bits per heavy atom. The summed E-state index contributed by atoms with van der Waals surface area (Å²) in [7, 11) is 4.54. The Morgan fingerprint density at radius 1 is 1.00 bits per heavy atom. The third-order valence-electron chi connectivity index (χ3n) is 3.87. The second-order valence-electron chi connectivity index (χ2n) is 5.39. The van der Waals surface area contributed by atoms with E-state index in [-0.39, 0.29) is 5.78 Å². The molecule has 0 aliphatic carbocycles. The van der Waals surface area contributed by atoms with Gasteiger partial charge in [-0.05, 0) is 18.2 Å². The van der Waals surface area contributed by atoms with Gasteiger partial charge in [0.15, 0.2) is 22.4 Å². The van der Waals surface area contributed by atoms with Crippen LogP contribution in [0.1, 0.15) is 15.9 Å². The number of benzene rings is 2. The van der Waals surface area contributed by atoms with E-state index >= 15 is 0 Å². The van der Waals surface area contributed by atoms with Crippen LogP contribution in [0, 0.1) is 0 Å². The summed E-state index contributed by atoms with van der Waals surface area (Å²) >= 11 is 1.36. The predicted molar refractivity (Wildman–Crippen MR) is 101 cm³/mol. The van der Waals surface area contributed by atoms with E-state index in [1.165, 1.54) is 32.7 Å². The van der Waals surface area contributed by atoms with Crippen LogP contribution in [-0.2, 0) is 0 Å². The molecule has 0 saturated carbocycles. The number of ketones is 1.